The molecule has 16 heavy (non-hydrogen) atoms. The molecule has 0 spiro atoms. The summed E-state index contributed by atoms with van der Waals surface area (Å²) in [5.74, 6) is -5.44. The maximum atomic E-state index is 10.7. The van der Waals surface area contributed by atoms with Gasteiger partial charge in [-0.3, -0.25) is 24.7 Å². The number of carbonyl (C=O) groups is 2. The van der Waals surface area contributed by atoms with Crippen LogP contribution in [0.3, 0.4) is 0 Å². The van der Waals surface area contributed by atoms with Crippen molar-refractivity contribution in [2.45, 2.75) is 5.92 Å². The lowest BCUT2D eigenvalue weighted by Gasteiger charge is -2.06. The number of nitro groups is 1. The van der Waals surface area contributed by atoms with E-state index in [-0.39, 0.29) is 0 Å². The van der Waals surface area contributed by atoms with Crippen LogP contribution in [0.5, 0.6) is 0 Å². The molecule has 1 aromatic rings. The fourth-order valence-corrected chi connectivity index (χ4v) is 1.13. The van der Waals surface area contributed by atoms with E-state index in [1.807, 2.05) is 0 Å². The zero-order chi connectivity index (χ0) is 12.3. The van der Waals surface area contributed by atoms with Gasteiger partial charge in [0, 0.05) is 12.3 Å². The van der Waals surface area contributed by atoms with Gasteiger partial charge in [0.05, 0.1) is 4.92 Å². The van der Waals surface area contributed by atoms with Crippen LogP contribution < -0.4 is 0 Å². The highest BCUT2D eigenvalue weighted by atomic mass is 16.6. The van der Waals surface area contributed by atoms with Gasteiger partial charge in [-0.25, -0.2) is 0 Å². The summed E-state index contributed by atoms with van der Waals surface area (Å²) in [5.41, 5.74) is -1.22. The minimum Gasteiger partial charge on any atom is -0.480 e. The number of pyridine rings is 1. The molecule has 0 radical (unpaired) electrons. The van der Waals surface area contributed by atoms with Gasteiger partial charge in [0.1, 0.15) is 5.69 Å². The van der Waals surface area contributed by atoms with E-state index in [1.54, 1.807) is 0 Å². The lowest BCUT2D eigenvalue weighted by molar-refractivity contribution is -0.386. The summed E-state index contributed by atoms with van der Waals surface area (Å²) in [6, 6.07) is 2.23. The highest BCUT2D eigenvalue weighted by Gasteiger charge is 2.35. The molecule has 0 fully saturated rings. The molecule has 0 aliphatic heterocycles. The molecule has 0 aromatic carbocycles. The van der Waals surface area contributed by atoms with Gasteiger partial charge in [0.2, 0.25) is 5.92 Å². The molecule has 2 N–H and O–H groups in total. The van der Waals surface area contributed by atoms with Gasteiger partial charge in [-0.05, 0) is 6.07 Å². The van der Waals surface area contributed by atoms with Crippen LogP contribution in [0.1, 0.15) is 11.6 Å². The standard InChI is InChI=1S/C8H6N2O6/c11-7(12)5(8(13)14)6-4(10(15)16)2-1-3-9-6/h1-3,5H,(H,11,12)(H,13,14). The van der Waals surface area contributed by atoms with Crippen LogP contribution >= 0.6 is 0 Å². The van der Waals surface area contributed by atoms with E-state index in [0.29, 0.717) is 0 Å². The number of aliphatic carboxylic acids is 2. The first-order chi connectivity index (χ1) is 7.45. The van der Waals surface area contributed by atoms with Crippen molar-refractivity contribution in [1.82, 2.24) is 4.98 Å². The molecule has 8 heteroatoms. The summed E-state index contributed by atoms with van der Waals surface area (Å²) in [7, 11) is 0. The van der Waals surface area contributed by atoms with Gasteiger partial charge in [-0.15, -0.1) is 0 Å². The first-order valence-corrected chi connectivity index (χ1v) is 4.00. The molecule has 0 bridgehead atoms. The molecule has 0 atom stereocenters. The SMILES string of the molecule is O=C(O)C(C(=O)O)c1ncccc1[N+](=O)[O-]. The predicted octanol–water partition coefficient (Wildman–Crippen LogP) is 0.243. The van der Waals surface area contributed by atoms with Crippen molar-refractivity contribution in [1.29, 1.82) is 0 Å². The first kappa shape index (κ1) is 11.6. The second-order valence-electron chi connectivity index (χ2n) is 2.77. The Bertz CT molecular complexity index is 444. The highest BCUT2D eigenvalue weighted by Crippen LogP contribution is 2.24. The van der Waals surface area contributed by atoms with Crippen LogP contribution in [0.4, 0.5) is 5.69 Å². The molecule has 0 saturated heterocycles. The highest BCUT2D eigenvalue weighted by molar-refractivity contribution is 5.99. The van der Waals surface area contributed by atoms with Gasteiger partial charge < -0.3 is 10.2 Å². The molecule has 1 heterocycles. The number of carboxylic acid groups (broad SMARTS) is 2. The number of aromatic nitrogens is 1. The van der Waals surface area contributed by atoms with Gasteiger partial charge in [0.15, 0.2) is 0 Å². The lowest BCUT2D eigenvalue weighted by atomic mass is 10.0. The van der Waals surface area contributed by atoms with E-state index in [2.05, 4.69) is 4.98 Å². The minimum absolute atomic E-state index is 0.590. The molecule has 0 saturated carbocycles. The van der Waals surface area contributed by atoms with Crippen LogP contribution in [0.2, 0.25) is 0 Å². The van der Waals surface area contributed by atoms with Gasteiger partial charge >= 0.3 is 11.9 Å². The van der Waals surface area contributed by atoms with Crippen LogP contribution in [-0.2, 0) is 9.59 Å². The van der Waals surface area contributed by atoms with Crippen LogP contribution in [-0.4, -0.2) is 32.1 Å². The summed E-state index contributed by atoms with van der Waals surface area (Å²) in [5, 5.41) is 27.9. The van der Waals surface area contributed by atoms with Crippen molar-refractivity contribution in [2.75, 3.05) is 0 Å². The molecule has 1 aromatic heterocycles. The Balaban J connectivity index is 3.35. The van der Waals surface area contributed by atoms with Crippen molar-refractivity contribution < 1.29 is 24.7 Å². The molecule has 0 aliphatic carbocycles. The zero-order valence-corrected chi connectivity index (χ0v) is 7.73. The third-order valence-corrected chi connectivity index (χ3v) is 1.78. The molecule has 0 amide bonds. The molecule has 0 unspecified atom stereocenters. The number of nitrogens with zero attached hydrogens (tertiary/aromatic N) is 2. The average molecular weight is 226 g/mol. The number of carboxylic acids is 2. The lowest BCUT2D eigenvalue weighted by Crippen LogP contribution is -2.23. The largest absolute Gasteiger partial charge is 0.480 e. The van der Waals surface area contributed by atoms with E-state index < -0.39 is 34.2 Å². The Labute approximate surface area is 88.3 Å². The number of hydrogen-bond acceptors (Lipinski definition) is 5. The quantitative estimate of drug-likeness (QED) is 0.427. The summed E-state index contributed by atoms with van der Waals surface area (Å²) < 4.78 is 0. The van der Waals surface area contributed by atoms with Crippen LogP contribution in [0, 0.1) is 10.1 Å². The Morgan fingerprint density at radius 3 is 2.38 bits per heavy atom. The normalized spacial score (nSPS) is 10.1. The summed E-state index contributed by atoms with van der Waals surface area (Å²) >= 11 is 0. The summed E-state index contributed by atoms with van der Waals surface area (Å²) in [6.45, 7) is 0. The fraction of sp³-hybridized carbons (Fsp3) is 0.125. The average Bonchev–Trinajstić information content (AvgIpc) is 2.17. The molecular formula is C8H6N2O6. The van der Waals surface area contributed by atoms with Crippen molar-refractivity contribution in [2.24, 2.45) is 0 Å². The molecular weight excluding hydrogens is 220 g/mol. The van der Waals surface area contributed by atoms with E-state index in [9.17, 15) is 19.7 Å². The summed E-state index contributed by atoms with van der Waals surface area (Å²) in [4.78, 5) is 34.5. The maximum Gasteiger partial charge on any atom is 0.324 e. The third kappa shape index (κ3) is 2.11. The van der Waals surface area contributed by atoms with E-state index in [1.165, 1.54) is 6.07 Å². The topological polar surface area (TPSA) is 131 Å². The second-order valence-corrected chi connectivity index (χ2v) is 2.77. The van der Waals surface area contributed by atoms with Crippen LogP contribution in [0.25, 0.3) is 0 Å². The predicted molar refractivity (Wildman–Crippen MR) is 48.9 cm³/mol. The third-order valence-electron chi connectivity index (χ3n) is 1.78. The minimum atomic E-state index is -2.04. The second kappa shape index (κ2) is 4.34. The first-order valence-electron chi connectivity index (χ1n) is 4.00. The maximum absolute atomic E-state index is 10.7. The van der Waals surface area contributed by atoms with E-state index >= 15 is 0 Å². The Hall–Kier alpha value is -2.51. The number of hydrogen-bond donors (Lipinski definition) is 2. The van der Waals surface area contributed by atoms with E-state index in [0.717, 1.165) is 12.3 Å². The Morgan fingerprint density at radius 2 is 1.94 bits per heavy atom. The van der Waals surface area contributed by atoms with Crippen LogP contribution in [0.15, 0.2) is 18.3 Å². The number of rotatable bonds is 4. The van der Waals surface area contributed by atoms with Crippen molar-refractivity contribution in [3.63, 3.8) is 0 Å². The van der Waals surface area contributed by atoms with Crippen molar-refractivity contribution in [3.05, 3.63) is 34.1 Å². The fourth-order valence-electron chi connectivity index (χ4n) is 1.13. The Morgan fingerprint density at radius 1 is 1.38 bits per heavy atom. The molecule has 84 valence electrons. The van der Waals surface area contributed by atoms with Gasteiger partial charge in [0.25, 0.3) is 5.69 Å². The zero-order valence-electron chi connectivity index (χ0n) is 7.73. The Kier molecular flexibility index (Phi) is 3.14. The smallest absolute Gasteiger partial charge is 0.324 e. The molecule has 0 aliphatic rings. The summed E-state index contributed by atoms with van der Waals surface area (Å²) in [6.07, 6.45) is 1.10. The molecule has 1 rings (SSSR count). The van der Waals surface area contributed by atoms with Crippen molar-refractivity contribution >= 4 is 17.6 Å². The van der Waals surface area contributed by atoms with Gasteiger partial charge in [-0.1, -0.05) is 0 Å². The van der Waals surface area contributed by atoms with E-state index in [4.69, 9.17) is 10.2 Å². The van der Waals surface area contributed by atoms with Crippen molar-refractivity contribution in [3.8, 4) is 0 Å². The molecule has 8 nitrogen and oxygen atoms in total. The van der Waals surface area contributed by atoms with Gasteiger partial charge in [-0.2, -0.15) is 0 Å². The monoisotopic (exact) mass is 226 g/mol.